The van der Waals surface area contributed by atoms with Gasteiger partial charge in [-0.15, -0.1) is 0 Å². The van der Waals surface area contributed by atoms with Gasteiger partial charge in [0.25, 0.3) is 0 Å². The largest absolute Gasteiger partial charge is 0.486 e. The van der Waals surface area contributed by atoms with E-state index in [2.05, 4.69) is 0 Å². The third-order valence-electron chi connectivity index (χ3n) is 2.20. The lowest BCUT2D eigenvalue weighted by molar-refractivity contribution is -0.142. The molecule has 1 N–H and O–H groups in total. The molecule has 4 nitrogen and oxygen atoms in total. The molecule has 0 unspecified atom stereocenters. The van der Waals surface area contributed by atoms with Crippen LogP contribution in [0.25, 0.3) is 0 Å². The van der Waals surface area contributed by atoms with E-state index in [0.717, 1.165) is 0 Å². The second-order valence-corrected chi connectivity index (χ2v) is 3.07. The second kappa shape index (κ2) is 2.73. The Morgan fingerprint density at radius 3 is 3.00 bits per heavy atom. The zero-order chi connectivity index (χ0) is 9.42. The zero-order valence-corrected chi connectivity index (χ0v) is 6.77. The van der Waals surface area contributed by atoms with Crippen LogP contribution < -0.4 is 0 Å². The van der Waals surface area contributed by atoms with Crippen LogP contribution in [-0.4, -0.2) is 23.5 Å². The lowest BCUT2D eigenvalue weighted by Gasteiger charge is -2.27. The molecule has 2 atom stereocenters. The summed E-state index contributed by atoms with van der Waals surface area (Å²) < 4.78 is 4.92. The number of allylic oxidation sites excluding steroid dienone is 4. The van der Waals surface area contributed by atoms with E-state index in [4.69, 9.17) is 9.84 Å². The summed E-state index contributed by atoms with van der Waals surface area (Å²) >= 11 is 0. The molecule has 68 valence electrons. The summed E-state index contributed by atoms with van der Waals surface area (Å²) in [7, 11) is 0. The van der Waals surface area contributed by atoms with Crippen LogP contribution in [-0.2, 0) is 14.3 Å². The molecule has 2 aliphatic rings. The number of rotatable bonds is 3. The molecule has 0 saturated heterocycles. The van der Waals surface area contributed by atoms with Crippen LogP contribution in [0.4, 0.5) is 0 Å². The predicted molar refractivity (Wildman–Crippen MR) is 42.8 cm³/mol. The highest BCUT2D eigenvalue weighted by Crippen LogP contribution is 2.39. The second-order valence-electron chi connectivity index (χ2n) is 3.07. The summed E-state index contributed by atoms with van der Waals surface area (Å²) in [4.78, 5) is 21.3. The molecule has 13 heavy (non-hydrogen) atoms. The third-order valence-corrected chi connectivity index (χ3v) is 2.20. The average Bonchev–Trinajstić information content (AvgIpc) is 2.26. The molecule has 0 radical (unpaired) electrons. The maximum Gasteiger partial charge on any atom is 0.341 e. The molecule has 0 aliphatic heterocycles. The highest BCUT2D eigenvalue weighted by Gasteiger charge is 2.40. The van der Waals surface area contributed by atoms with Gasteiger partial charge >= 0.3 is 5.97 Å². The summed E-state index contributed by atoms with van der Waals surface area (Å²) in [5.41, 5.74) is 0. The summed E-state index contributed by atoms with van der Waals surface area (Å²) in [5, 5.41) is 8.34. The normalized spacial score (nSPS) is 29.2. The van der Waals surface area contributed by atoms with Crippen molar-refractivity contribution in [3.05, 3.63) is 24.0 Å². The van der Waals surface area contributed by atoms with E-state index in [1.54, 1.807) is 12.2 Å². The Morgan fingerprint density at radius 2 is 2.38 bits per heavy atom. The lowest BCUT2D eigenvalue weighted by atomic mass is 9.82. The van der Waals surface area contributed by atoms with Crippen LogP contribution in [0.3, 0.4) is 0 Å². The van der Waals surface area contributed by atoms with E-state index in [9.17, 15) is 9.59 Å². The summed E-state index contributed by atoms with van der Waals surface area (Å²) in [5.74, 6) is -0.617. The van der Waals surface area contributed by atoms with Gasteiger partial charge in [0.2, 0.25) is 0 Å². The zero-order valence-electron chi connectivity index (χ0n) is 6.77. The SMILES string of the molecule is O=C(O)COC1=C[C@H]2C=CC(=O)[C@H]12. The standard InChI is InChI=1S/C9H8O4/c10-6-2-1-5-3-7(9(5)6)13-4-8(11)12/h1-3,5,9H,4H2,(H,11,12)/t5-,9-/m1/s1. The van der Waals surface area contributed by atoms with Crippen molar-refractivity contribution in [3.63, 3.8) is 0 Å². The fourth-order valence-electron chi connectivity index (χ4n) is 1.55. The predicted octanol–water partition coefficient (Wildman–Crippen LogP) is 0.356. The number of hydrogen-bond donors (Lipinski definition) is 1. The van der Waals surface area contributed by atoms with Gasteiger partial charge < -0.3 is 9.84 Å². The molecule has 2 aliphatic carbocycles. The van der Waals surface area contributed by atoms with Crippen LogP contribution in [0.5, 0.6) is 0 Å². The van der Waals surface area contributed by atoms with Gasteiger partial charge in [0.05, 0.1) is 5.92 Å². The molecule has 2 rings (SSSR count). The molecule has 0 amide bonds. The van der Waals surface area contributed by atoms with Crippen molar-refractivity contribution in [3.8, 4) is 0 Å². The first-order chi connectivity index (χ1) is 6.18. The van der Waals surface area contributed by atoms with Crippen molar-refractivity contribution in [2.24, 2.45) is 11.8 Å². The van der Waals surface area contributed by atoms with Crippen molar-refractivity contribution < 1.29 is 19.4 Å². The quantitative estimate of drug-likeness (QED) is 0.680. The smallest absolute Gasteiger partial charge is 0.341 e. The molecule has 0 heterocycles. The molecule has 0 spiro atoms. The van der Waals surface area contributed by atoms with Crippen molar-refractivity contribution in [2.75, 3.05) is 6.61 Å². The summed E-state index contributed by atoms with van der Waals surface area (Å²) in [6.45, 7) is -0.373. The molecule has 0 saturated carbocycles. The van der Waals surface area contributed by atoms with E-state index in [0.29, 0.717) is 5.76 Å². The topological polar surface area (TPSA) is 63.6 Å². The van der Waals surface area contributed by atoms with E-state index in [-0.39, 0.29) is 24.2 Å². The molecule has 0 aromatic carbocycles. The number of aliphatic carboxylic acids is 1. The Kier molecular flexibility index (Phi) is 1.69. The number of fused-ring (bicyclic) bond motifs is 1. The first-order valence-electron chi connectivity index (χ1n) is 3.97. The van der Waals surface area contributed by atoms with Crippen LogP contribution in [0, 0.1) is 11.8 Å². The van der Waals surface area contributed by atoms with E-state index >= 15 is 0 Å². The van der Waals surface area contributed by atoms with Crippen molar-refractivity contribution >= 4 is 11.8 Å². The number of carbonyl (C=O) groups is 2. The minimum Gasteiger partial charge on any atom is -0.486 e. The number of ether oxygens (including phenoxy) is 1. The van der Waals surface area contributed by atoms with Crippen molar-refractivity contribution in [1.29, 1.82) is 0 Å². The molecule has 0 aromatic rings. The van der Waals surface area contributed by atoms with Gasteiger partial charge in [-0.3, -0.25) is 4.79 Å². The number of ketones is 1. The molecular formula is C9H8O4. The number of carboxylic acid groups (broad SMARTS) is 1. The Hall–Kier alpha value is -1.58. The first-order valence-corrected chi connectivity index (χ1v) is 3.97. The molecule has 0 aromatic heterocycles. The Morgan fingerprint density at radius 1 is 1.62 bits per heavy atom. The molecular weight excluding hydrogens is 172 g/mol. The minimum atomic E-state index is -1.03. The number of hydrogen-bond acceptors (Lipinski definition) is 3. The highest BCUT2D eigenvalue weighted by molar-refractivity contribution is 5.98. The fourth-order valence-corrected chi connectivity index (χ4v) is 1.55. The Balaban J connectivity index is 1.95. The number of carboxylic acids is 1. The van der Waals surface area contributed by atoms with Gasteiger partial charge in [-0.05, 0) is 12.2 Å². The summed E-state index contributed by atoms with van der Waals surface area (Å²) in [6, 6.07) is 0. The maximum absolute atomic E-state index is 11.1. The Bertz CT molecular complexity index is 327. The van der Waals surface area contributed by atoms with Crippen LogP contribution in [0.15, 0.2) is 24.0 Å². The minimum absolute atomic E-state index is 0.00730. The van der Waals surface area contributed by atoms with Crippen LogP contribution in [0.1, 0.15) is 0 Å². The van der Waals surface area contributed by atoms with Crippen molar-refractivity contribution in [2.45, 2.75) is 0 Å². The molecule has 0 fully saturated rings. The van der Waals surface area contributed by atoms with Crippen LogP contribution >= 0.6 is 0 Å². The van der Waals surface area contributed by atoms with Gasteiger partial charge in [0.1, 0.15) is 5.76 Å². The van der Waals surface area contributed by atoms with Gasteiger partial charge in [-0.25, -0.2) is 4.79 Å². The average molecular weight is 180 g/mol. The number of carbonyl (C=O) groups excluding carboxylic acids is 1. The summed E-state index contributed by atoms with van der Waals surface area (Å²) in [6.07, 6.45) is 5.10. The fraction of sp³-hybridized carbons (Fsp3) is 0.333. The maximum atomic E-state index is 11.1. The van der Waals surface area contributed by atoms with Gasteiger partial charge in [0.15, 0.2) is 12.4 Å². The molecule has 4 heteroatoms. The van der Waals surface area contributed by atoms with Gasteiger partial charge in [-0.1, -0.05) is 6.08 Å². The van der Waals surface area contributed by atoms with Crippen LogP contribution in [0.2, 0.25) is 0 Å². The van der Waals surface area contributed by atoms with Gasteiger partial charge in [-0.2, -0.15) is 0 Å². The Labute approximate surface area is 74.5 Å². The first kappa shape index (κ1) is 8.04. The highest BCUT2D eigenvalue weighted by atomic mass is 16.5. The van der Waals surface area contributed by atoms with E-state index in [1.165, 1.54) is 6.08 Å². The third kappa shape index (κ3) is 1.24. The van der Waals surface area contributed by atoms with E-state index < -0.39 is 5.97 Å². The monoisotopic (exact) mass is 180 g/mol. The molecule has 0 bridgehead atoms. The lowest BCUT2D eigenvalue weighted by Crippen LogP contribution is -2.28. The van der Waals surface area contributed by atoms with Crippen molar-refractivity contribution in [1.82, 2.24) is 0 Å². The van der Waals surface area contributed by atoms with Gasteiger partial charge in [0, 0.05) is 5.92 Å². The van der Waals surface area contributed by atoms with E-state index in [1.807, 2.05) is 0 Å².